The average Bonchev–Trinajstić information content (AvgIpc) is 3.48. The van der Waals surface area contributed by atoms with Crippen LogP contribution >= 0.6 is 0 Å². The molecule has 0 bridgehead atoms. The summed E-state index contributed by atoms with van der Waals surface area (Å²) in [4.78, 5) is 11.7. The second kappa shape index (κ2) is 8.71. The van der Waals surface area contributed by atoms with Crippen LogP contribution < -0.4 is 14.4 Å². The first-order valence-electron chi connectivity index (χ1n) is 10.9. The van der Waals surface area contributed by atoms with Crippen molar-refractivity contribution in [1.29, 1.82) is 0 Å². The maximum absolute atomic E-state index is 9.59. The summed E-state index contributed by atoms with van der Waals surface area (Å²) in [7, 11) is 5.18. The minimum atomic E-state index is 0.220. The molecule has 1 aliphatic carbocycles. The van der Waals surface area contributed by atoms with Gasteiger partial charge < -0.3 is 19.5 Å². The first-order chi connectivity index (χ1) is 16.1. The van der Waals surface area contributed by atoms with Crippen molar-refractivity contribution in [3.05, 3.63) is 55.0 Å². The number of nitrogens with zero attached hydrogens (tertiary/aromatic N) is 5. The Morgan fingerprint density at radius 1 is 1.00 bits per heavy atom. The van der Waals surface area contributed by atoms with Gasteiger partial charge in [0.2, 0.25) is 0 Å². The van der Waals surface area contributed by atoms with E-state index in [0.29, 0.717) is 11.8 Å². The van der Waals surface area contributed by atoms with Gasteiger partial charge >= 0.3 is 0 Å². The number of fused-ring (bicyclic) bond motifs is 1. The summed E-state index contributed by atoms with van der Waals surface area (Å²) in [6.07, 6.45) is 6.51. The average molecular weight is 446 g/mol. The Bertz CT molecular complexity index is 1270. The van der Waals surface area contributed by atoms with Gasteiger partial charge in [-0.15, -0.1) is 0 Å². The lowest BCUT2D eigenvalue weighted by atomic mass is 10.1. The Kier molecular flexibility index (Phi) is 5.60. The number of ether oxygens (including phenoxy) is 2. The first kappa shape index (κ1) is 21.2. The standard InChI is InChI=1S/C25H27N5O3/c1-29-13-18(11-27-29)25-12-26-23-5-4-19(9-24(23)28-25)30(14-16-6-17(16)15-31)20-7-21(32-2)10-22(8-20)33-3/h4-5,7-13,16-17,31H,6,14-15H2,1-3H3/t16?,17-/m0/s1. The Morgan fingerprint density at radius 2 is 1.79 bits per heavy atom. The molecule has 0 spiro atoms. The second-order valence-electron chi connectivity index (χ2n) is 8.45. The van der Waals surface area contributed by atoms with Gasteiger partial charge in [-0.3, -0.25) is 9.67 Å². The summed E-state index contributed by atoms with van der Waals surface area (Å²) in [6.45, 7) is 1.00. The molecule has 0 saturated heterocycles. The fourth-order valence-electron chi connectivity index (χ4n) is 4.16. The molecule has 1 fully saturated rings. The van der Waals surface area contributed by atoms with Gasteiger partial charge in [-0.2, -0.15) is 5.10 Å². The summed E-state index contributed by atoms with van der Waals surface area (Å²) in [6, 6.07) is 12.0. The Hall–Kier alpha value is -3.65. The number of hydrogen-bond acceptors (Lipinski definition) is 7. The van der Waals surface area contributed by atoms with Crippen molar-refractivity contribution < 1.29 is 14.6 Å². The lowest BCUT2D eigenvalue weighted by molar-refractivity contribution is 0.269. The van der Waals surface area contributed by atoms with Crippen LogP contribution in [0.25, 0.3) is 22.3 Å². The molecule has 0 radical (unpaired) electrons. The van der Waals surface area contributed by atoms with E-state index in [1.54, 1.807) is 31.3 Å². The van der Waals surface area contributed by atoms with E-state index in [0.717, 1.165) is 58.1 Å². The zero-order valence-corrected chi connectivity index (χ0v) is 19.0. The van der Waals surface area contributed by atoms with Crippen molar-refractivity contribution in [2.75, 3.05) is 32.3 Å². The largest absolute Gasteiger partial charge is 0.497 e. The van der Waals surface area contributed by atoms with Gasteiger partial charge in [0.25, 0.3) is 0 Å². The highest BCUT2D eigenvalue weighted by atomic mass is 16.5. The number of aryl methyl sites for hydroxylation is 1. The van der Waals surface area contributed by atoms with Crippen LogP contribution in [0.2, 0.25) is 0 Å². The lowest BCUT2D eigenvalue weighted by Gasteiger charge is -2.26. The van der Waals surface area contributed by atoms with Gasteiger partial charge in [-0.1, -0.05) is 0 Å². The van der Waals surface area contributed by atoms with Crippen LogP contribution in [-0.4, -0.2) is 52.2 Å². The molecule has 0 aliphatic heterocycles. The Balaban J connectivity index is 1.57. The predicted molar refractivity (Wildman–Crippen MR) is 127 cm³/mol. The van der Waals surface area contributed by atoms with E-state index in [4.69, 9.17) is 14.5 Å². The minimum Gasteiger partial charge on any atom is -0.497 e. The van der Waals surface area contributed by atoms with E-state index < -0.39 is 0 Å². The number of aliphatic hydroxyl groups is 1. The molecular formula is C25H27N5O3. The van der Waals surface area contributed by atoms with Crippen LogP contribution in [-0.2, 0) is 7.05 Å². The van der Waals surface area contributed by atoms with Crippen LogP contribution in [0.1, 0.15) is 6.42 Å². The molecule has 1 saturated carbocycles. The zero-order chi connectivity index (χ0) is 22.9. The van der Waals surface area contributed by atoms with Gasteiger partial charge in [-0.05, 0) is 36.5 Å². The molecule has 4 aromatic rings. The maximum atomic E-state index is 9.59. The molecule has 1 unspecified atom stereocenters. The first-order valence-corrected chi connectivity index (χ1v) is 10.9. The third-order valence-electron chi connectivity index (χ3n) is 6.21. The Morgan fingerprint density at radius 3 is 2.42 bits per heavy atom. The van der Waals surface area contributed by atoms with Crippen molar-refractivity contribution in [3.8, 4) is 22.8 Å². The van der Waals surface area contributed by atoms with Crippen LogP contribution in [0.5, 0.6) is 11.5 Å². The van der Waals surface area contributed by atoms with E-state index in [9.17, 15) is 5.11 Å². The van der Waals surface area contributed by atoms with E-state index in [1.807, 2.05) is 37.5 Å². The number of aliphatic hydroxyl groups excluding tert-OH is 1. The molecule has 2 aromatic carbocycles. The smallest absolute Gasteiger partial charge is 0.124 e. The van der Waals surface area contributed by atoms with Crippen LogP contribution in [0, 0.1) is 11.8 Å². The normalized spacial score (nSPS) is 17.2. The van der Waals surface area contributed by atoms with E-state index in [1.165, 1.54) is 0 Å². The Labute approximate surface area is 192 Å². The van der Waals surface area contributed by atoms with Crippen molar-refractivity contribution in [1.82, 2.24) is 19.7 Å². The molecule has 2 heterocycles. The molecule has 1 N–H and O–H groups in total. The lowest BCUT2D eigenvalue weighted by Crippen LogP contribution is -2.21. The van der Waals surface area contributed by atoms with E-state index in [-0.39, 0.29) is 6.61 Å². The molecule has 5 rings (SSSR count). The topological polar surface area (TPSA) is 85.5 Å². The van der Waals surface area contributed by atoms with Crippen molar-refractivity contribution in [3.63, 3.8) is 0 Å². The van der Waals surface area contributed by atoms with Gasteiger partial charge in [0.1, 0.15) is 11.5 Å². The number of rotatable bonds is 8. The number of hydrogen-bond donors (Lipinski definition) is 1. The van der Waals surface area contributed by atoms with E-state index >= 15 is 0 Å². The highest BCUT2D eigenvalue weighted by Crippen LogP contribution is 2.42. The van der Waals surface area contributed by atoms with Crippen molar-refractivity contribution in [2.45, 2.75) is 6.42 Å². The van der Waals surface area contributed by atoms with Crippen LogP contribution in [0.15, 0.2) is 55.0 Å². The van der Waals surface area contributed by atoms with E-state index in [2.05, 4.69) is 27.1 Å². The summed E-state index contributed by atoms with van der Waals surface area (Å²) in [5, 5.41) is 13.8. The van der Waals surface area contributed by atoms with Gasteiger partial charge in [0.05, 0.1) is 43.3 Å². The second-order valence-corrected chi connectivity index (χ2v) is 8.45. The number of benzene rings is 2. The fourth-order valence-corrected chi connectivity index (χ4v) is 4.16. The number of anilines is 2. The van der Waals surface area contributed by atoms with Gasteiger partial charge in [0, 0.05) is 61.5 Å². The maximum Gasteiger partial charge on any atom is 0.124 e. The SMILES string of the molecule is COc1cc(OC)cc(N(CC2C[C@H]2CO)c2ccc3ncc(-c4cnn(C)c4)nc3c2)c1. The van der Waals surface area contributed by atoms with Crippen LogP contribution in [0.4, 0.5) is 11.4 Å². The zero-order valence-electron chi connectivity index (χ0n) is 19.0. The van der Waals surface area contributed by atoms with Gasteiger partial charge in [-0.25, -0.2) is 4.98 Å². The third kappa shape index (κ3) is 4.34. The molecule has 8 nitrogen and oxygen atoms in total. The monoisotopic (exact) mass is 445 g/mol. The summed E-state index contributed by atoms with van der Waals surface area (Å²) in [5.74, 6) is 2.22. The molecule has 170 valence electrons. The van der Waals surface area contributed by atoms with Gasteiger partial charge in [0.15, 0.2) is 0 Å². The fraction of sp³-hybridized carbons (Fsp3) is 0.320. The molecular weight excluding hydrogens is 418 g/mol. The molecule has 2 aromatic heterocycles. The van der Waals surface area contributed by atoms with Crippen molar-refractivity contribution >= 4 is 22.4 Å². The summed E-state index contributed by atoms with van der Waals surface area (Å²) in [5.41, 5.74) is 5.31. The minimum absolute atomic E-state index is 0.220. The number of methoxy groups -OCH3 is 2. The summed E-state index contributed by atoms with van der Waals surface area (Å²) < 4.78 is 12.8. The molecule has 0 amide bonds. The molecule has 1 aliphatic rings. The quantitative estimate of drug-likeness (QED) is 0.441. The summed E-state index contributed by atoms with van der Waals surface area (Å²) >= 11 is 0. The predicted octanol–water partition coefficient (Wildman–Crippen LogP) is 3.81. The van der Waals surface area contributed by atoms with Crippen molar-refractivity contribution in [2.24, 2.45) is 18.9 Å². The molecule has 2 atom stereocenters. The number of aromatic nitrogens is 4. The molecule has 33 heavy (non-hydrogen) atoms. The third-order valence-corrected chi connectivity index (χ3v) is 6.21. The highest BCUT2D eigenvalue weighted by molar-refractivity contribution is 5.82. The highest BCUT2D eigenvalue weighted by Gasteiger charge is 2.38. The van der Waals surface area contributed by atoms with Crippen LogP contribution in [0.3, 0.4) is 0 Å². The molecule has 8 heteroatoms.